The molecule has 140 valence electrons. The number of thiazole rings is 1. The number of amides is 1. The van der Waals surface area contributed by atoms with Gasteiger partial charge >= 0.3 is 0 Å². The van der Waals surface area contributed by atoms with Gasteiger partial charge in [-0.25, -0.2) is 13.8 Å². The summed E-state index contributed by atoms with van der Waals surface area (Å²) in [6, 6.07) is 3.37. The van der Waals surface area contributed by atoms with Gasteiger partial charge in [-0.05, 0) is 64.4 Å². The van der Waals surface area contributed by atoms with Gasteiger partial charge in [0.1, 0.15) is 21.5 Å². The van der Waals surface area contributed by atoms with Gasteiger partial charge in [0.2, 0.25) is 0 Å². The second kappa shape index (κ2) is 8.68. The van der Waals surface area contributed by atoms with Crippen LogP contribution in [-0.2, 0) is 0 Å². The molecule has 0 atom stereocenters. The lowest BCUT2D eigenvalue weighted by Gasteiger charge is -2.13. The van der Waals surface area contributed by atoms with E-state index in [1.165, 1.54) is 38.1 Å². The second-order valence-corrected chi connectivity index (χ2v) is 7.57. The maximum atomic E-state index is 13.9. The van der Waals surface area contributed by atoms with Gasteiger partial charge in [0.25, 0.3) is 5.91 Å². The van der Waals surface area contributed by atoms with Crippen molar-refractivity contribution in [1.82, 2.24) is 15.2 Å². The average molecular weight is 379 g/mol. The Hall–Kier alpha value is -1.86. The molecule has 26 heavy (non-hydrogen) atoms. The fourth-order valence-electron chi connectivity index (χ4n) is 3.13. The van der Waals surface area contributed by atoms with Crippen LogP contribution >= 0.6 is 11.3 Å². The van der Waals surface area contributed by atoms with Gasteiger partial charge in [-0.1, -0.05) is 0 Å². The Morgan fingerprint density at radius 2 is 2.04 bits per heavy atom. The Labute approximate surface area is 156 Å². The number of likely N-dealkylation sites (tertiary alicyclic amines) is 1. The minimum absolute atomic E-state index is 0.185. The van der Waals surface area contributed by atoms with E-state index in [1.807, 2.05) is 0 Å². The van der Waals surface area contributed by atoms with Gasteiger partial charge in [0.05, 0.1) is 5.69 Å². The predicted octanol–water partition coefficient (Wildman–Crippen LogP) is 4.00. The zero-order chi connectivity index (χ0) is 18.5. The summed E-state index contributed by atoms with van der Waals surface area (Å²) in [6.45, 7) is 5.81. The third-order valence-corrected chi connectivity index (χ3v) is 5.74. The van der Waals surface area contributed by atoms with Crippen molar-refractivity contribution < 1.29 is 13.6 Å². The molecule has 1 aromatic heterocycles. The first-order chi connectivity index (χ1) is 12.5. The monoisotopic (exact) mass is 379 g/mol. The molecule has 0 saturated carbocycles. The van der Waals surface area contributed by atoms with Gasteiger partial charge in [0.15, 0.2) is 0 Å². The van der Waals surface area contributed by atoms with Crippen LogP contribution in [0.25, 0.3) is 10.6 Å². The van der Waals surface area contributed by atoms with Crippen molar-refractivity contribution >= 4 is 17.2 Å². The maximum absolute atomic E-state index is 13.9. The van der Waals surface area contributed by atoms with Gasteiger partial charge in [-0.3, -0.25) is 4.79 Å². The highest BCUT2D eigenvalue weighted by molar-refractivity contribution is 7.17. The lowest BCUT2D eigenvalue weighted by atomic mass is 10.2. The average Bonchev–Trinajstić information content (AvgIpc) is 3.24. The highest BCUT2D eigenvalue weighted by Crippen LogP contribution is 2.30. The topological polar surface area (TPSA) is 45.2 Å². The maximum Gasteiger partial charge on any atom is 0.263 e. The van der Waals surface area contributed by atoms with Crippen molar-refractivity contribution in [2.45, 2.75) is 32.6 Å². The van der Waals surface area contributed by atoms with E-state index in [2.05, 4.69) is 15.2 Å². The van der Waals surface area contributed by atoms with Crippen molar-refractivity contribution in [1.29, 1.82) is 0 Å². The largest absolute Gasteiger partial charge is 0.351 e. The number of unbranched alkanes of at least 4 members (excludes halogenated alkanes) is 1. The van der Waals surface area contributed by atoms with E-state index in [1.54, 1.807) is 6.92 Å². The summed E-state index contributed by atoms with van der Waals surface area (Å²) in [5.74, 6) is -1.49. The highest BCUT2D eigenvalue weighted by Gasteiger charge is 2.18. The standard InChI is InChI=1S/C19H23F2N3OS/c1-13-17(18(25)22-8-2-3-9-24-10-4-5-11-24)26-19(23-13)15-7-6-14(20)12-16(15)21/h6-7,12H,2-5,8-11H2,1H3,(H,22,25). The number of hydrogen-bond acceptors (Lipinski definition) is 4. The number of aromatic nitrogens is 1. The Balaban J connectivity index is 1.53. The molecule has 1 aliphatic rings. The van der Waals surface area contributed by atoms with E-state index in [-0.39, 0.29) is 11.5 Å². The van der Waals surface area contributed by atoms with Gasteiger partial charge in [0, 0.05) is 18.2 Å². The summed E-state index contributed by atoms with van der Waals surface area (Å²) >= 11 is 1.13. The van der Waals surface area contributed by atoms with Gasteiger partial charge < -0.3 is 10.2 Å². The van der Waals surface area contributed by atoms with Crippen LogP contribution in [0.15, 0.2) is 18.2 Å². The molecule has 0 unspecified atom stereocenters. The molecule has 7 heteroatoms. The van der Waals surface area contributed by atoms with E-state index in [4.69, 9.17) is 0 Å². The SMILES string of the molecule is Cc1nc(-c2ccc(F)cc2F)sc1C(=O)NCCCCN1CCCC1. The highest BCUT2D eigenvalue weighted by atomic mass is 32.1. The zero-order valence-corrected chi connectivity index (χ0v) is 15.7. The van der Waals surface area contributed by atoms with E-state index in [9.17, 15) is 13.6 Å². The van der Waals surface area contributed by atoms with Crippen molar-refractivity contribution in [2.75, 3.05) is 26.2 Å². The van der Waals surface area contributed by atoms with Crippen LogP contribution in [0.2, 0.25) is 0 Å². The van der Waals surface area contributed by atoms with E-state index in [0.717, 1.165) is 36.8 Å². The number of benzene rings is 1. The molecular formula is C19H23F2N3OS. The molecule has 3 rings (SSSR count). The van der Waals surface area contributed by atoms with E-state index in [0.29, 0.717) is 22.1 Å². The molecule has 0 radical (unpaired) electrons. The number of aryl methyl sites for hydroxylation is 1. The molecule has 1 fully saturated rings. The van der Waals surface area contributed by atoms with E-state index >= 15 is 0 Å². The minimum atomic E-state index is -0.673. The number of hydrogen-bond donors (Lipinski definition) is 1. The lowest BCUT2D eigenvalue weighted by molar-refractivity contribution is 0.0956. The van der Waals surface area contributed by atoms with Crippen molar-refractivity contribution in [2.24, 2.45) is 0 Å². The number of rotatable bonds is 7. The van der Waals surface area contributed by atoms with Gasteiger partial charge in [-0.2, -0.15) is 0 Å². The number of nitrogens with one attached hydrogen (secondary N) is 1. The first-order valence-electron chi connectivity index (χ1n) is 8.98. The van der Waals surface area contributed by atoms with Crippen molar-refractivity contribution in [3.05, 3.63) is 40.4 Å². The summed E-state index contributed by atoms with van der Waals surface area (Å²) < 4.78 is 27.0. The molecule has 1 saturated heterocycles. The number of carbonyl (C=O) groups is 1. The summed E-state index contributed by atoms with van der Waals surface area (Å²) in [6.07, 6.45) is 4.57. The molecule has 1 amide bonds. The number of nitrogens with zero attached hydrogens (tertiary/aromatic N) is 2. The minimum Gasteiger partial charge on any atom is -0.351 e. The van der Waals surface area contributed by atoms with Crippen LogP contribution in [0, 0.1) is 18.6 Å². The normalized spacial score (nSPS) is 14.7. The second-order valence-electron chi connectivity index (χ2n) is 6.57. The smallest absolute Gasteiger partial charge is 0.263 e. The molecule has 0 bridgehead atoms. The Bertz CT molecular complexity index is 772. The third kappa shape index (κ3) is 4.65. The summed E-state index contributed by atoms with van der Waals surface area (Å²) in [5, 5.41) is 3.30. The molecular weight excluding hydrogens is 356 g/mol. The fraction of sp³-hybridized carbons (Fsp3) is 0.474. The van der Waals surface area contributed by atoms with Crippen LogP contribution in [0.3, 0.4) is 0 Å². The molecule has 1 N–H and O–H groups in total. The van der Waals surface area contributed by atoms with Crippen molar-refractivity contribution in [3.8, 4) is 10.6 Å². The Morgan fingerprint density at radius 3 is 2.77 bits per heavy atom. The predicted molar refractivity (Wildman–Crippen MR) is 99.4 cm³/mol. The molecule has 0 aliphatic carbocycles. The van der Waals surface area contributed by atoms with Crippen LogP contribution in [0.4, 0.5) is 8.78 Å². The molecule has 1 aromatic carbocycles. The summed E-state index contributed by atoms with van der Waals surface area (Å²) in [7, 11) is 0. The quantitative estimate of drug-likeness (QED) is 0.740. The van der Waals surface area contributed by atoms with Gasteiger partial charge in [-0.15, -0.1) is 11.3 Å². The first-order valence-corrected chi connectivity index (χ1v) is 9.79. The van der Waals surface area contributed by atoms with Crippen LogP contribution < -0.4 is 5.32 Å². The van der Waals surface area contributed by atoms with Crippen molar-refractivity contribution in [3.63, 3.8) is 0 Å². The number of halogens is 2. The number of carbonyl (C=O) groups excluding carboxylic acids is 1. The molecule has 2 aromatic rings. The zero-order valence-electron chi connectivity index (χ0n) is 14.9. The van der Waals surface area contributed by atoms with Crippen LogP contribution in [0.5, 0.6) is 0 Å². The lowest BCUT2D eigenvalue weighted by Crippen LogP contribution is -2.26. The summed E-state index contributed by atoms with van der Waals surface area (Å²) in [4.78, 5) is 19.6. The Kier molecular flexibility index (Phi) is 6.32. The summed E-state index contributed by atoms with van der Waals surface area (Å²) in [5.41, 5.74) is 0.771. The molecule has 4 nitrogen and oxygen atoms in total. The molecule has 0 spiro atoms. The van der Waals surface area contributed by atoms with E-state index < -0.39 is 11.6 Å². The first kappa shape index (κ1) is 18.9. The third-order valence-electron chi connectivity index (χ3n) is 4.55. The fourth-order valence-corrected chi connectivity index (χ4v) is 4.14. The Morgan fingerprint density at radius 1 is 1.27 bits per heavy atom. The molecule has 2 heterocycles. The van der Waals surface area contributed by atoms with Crippen LogP contribution in [-0.4, -0.2) is 42.0 Å². The van der Waals surface area contributed by atoms with Crippen LogP contribution in [0.1, 0.15) is 41.0 Å². The molecule has 1 aliphatic heterocycles.